The Labute approximate surface area is 128 Å². The van der Waals surface area contributed by atoms with E-state index in [-0.39, 0.29) is 5.91 Å². The van der Waals surface area contributed by atoms with Gasteiger partial charge in [0.05, 0.1) is 11.4 Å². The number of carbonyl (C=O) groups is 1. The summed E-state index contributed by atoms with van der Waals surface area (Å²) >= 11 is 5.97. The maximum Gasteiger partial charge on any atom is 0.224 e. The van der Waals surface area contributed by atoms with E-state index in [0.717, 1.165) is 33.9 Å². The van der Waals surface area contributed by atoms with Crippen LogP contribution in [0.1, 0.15) is 17.5 Å². The van der Waals surface area contributed by atoms with Crippen LogP contribution in [-0.4, -0.2) is 5.91 Å². The highest BCUT2D eigenvalue weighted by molar-refractivity contribution is 6.30. The molecule has 0 saturated carbocycles. The summed E-state index contributed by atoms with van der Waals surface area (Å²) in [6.45, 7) is 0.649. The number of rotatable bonds is 3. The fourth-order valence-corrected chi connectivity index (χ4v) is 2.66. The molecular weight excluding hydrogens is 286 g/mol. The Morgan fingerprint density at radius 1 is 1.24 bits per heavy atom. The zero-order chi connectivity index (χ0) is 14.8. The first-order valence-electron chi connectivity index (χ1n) is 6.82. The summed E-state index contributed by atoms with van der Waals surface area (Å²) in [6.07, 6.45) is 1.26. The molecule has 0 atom stereocenters. The van der Waals surface area contributed by atoms with Crippen molar-refractivity contribution in [3.8, 4) is 0 Å². The van der Waals surface area contributed by atoms with Gasteiger partial charge >= 0.3 is 0 Å². The van der Waals surface area contributed by atoms with E-state index < -0.39 is 0 Å². The molecule has 0 spiro atoms. The summed E-state index contributed by atoms with van der Waals surface area (Å²) in [5.74, 6) is 0.0431. The van der Waals surface area contributed by atoms with Crippen molar-refractivity contribution in [1.29, 1.82) is 0 Å². The third-order valence-electron chi connectivity index (χ3n) is 3.54. The van der Waals surface area contributed by atoms with Crippen molar-refractivity contribution in [1.82, 2.24) is 0 Å². The lowest BCUT2D eigenvalue weighted by Gasteiger charge is -2.20. The van der Waals surface area contributed by atoms with Gasteiger partial charge in [-0.3, -0.25) is 4.79 Å². The van der Waals surface area contributed by atoms with Crippen molar-refractivity contribution < 1.29 is 4.79 Å². The summed E-state index contributed by atoms with van der Waals surface area (Å²) in [5, 5.41) is 6.88. The molecule has 0 aromatic heterocycles. The van der Waals surface area contributed by atoms with Crippen LogP contribution in [0.2, 0.25) is 5.02 Å². The Morgan fingerprint density at radius 3 is 2.90 bits per heavy atom. The van der Waals surface area contributed by atoms with E-state index in [9.17, 15) is 4.79 Å². The van der Waals surface area contributed by atoms with Gasteiger partial charge in [-0.15, -0.1) is 0 Å². The van der Waals surface area contributed by atoms with Crippen LogP contribution >= 0.6 is 11.6 Å². The topological polar surface area (TPSA) is 67.1 Å². The molecule has 0 radical (unpaired) electrons. The van der Waals surface area contributed by atoms with Gasteiger partial charge < -0.3 is 16.4 Å². The summed E-state index contributed by atoms with van der Waals surface area (Å²) < 4.78 is 0. The third kappa shape index (κ3) is 3.11. The highest BCUT2D eigenvalue weighted by Gasteiger charge is 2.16. The first kappa shape index (κ1) is 13.8. The SMILES string of the molecule is Nc1cc2c(cc1NCc1cccc(Cl)c1)CCC(=O)N2. The van der Waals surface area contributed by atoms with Crippen LogP contribution in [0, 0.1) is 0 Å². The van der Waals surface area contributed by atoms with Crippen molar-refractivity contribution in [3.05, 3.63) is 52.5 Å². The third-order valence-corrected chi connectivity index (χ3v) is 3.78. The van der Waals surface area contributed by atoms with Crippen LogP contribution in [0.3, 0.4) is 0 Å². The molecule has 1 heterocycles. The molecule has 4 N–H and O–H groups in total. The molecule has 0 unspecified atom stereocenters. The molecule has 21 heavy (non-hydrogen) atoms. The normalized spacial score (nSPS) is 13.5. The predicted molar refractivity (Wildman–Crippen MR) is 86.6 cm³/mol. The summed E-state index contributed by atoms with van der Waals surface area (Å²) in [5.41, 5.74) is 10.6. The lowest BCUT2D eigenvalue weighted by molar-refractivity contribution is -0.116. The van der Waals surface area contributed by atoms with Crippen molar-refractivity contribution in [2.75, 3.05) is 16.4 Å². The van der Waals surface area contributed by atoms with E-state index in [1.54, 1.807) is 0 Å². The van der Waals surface area contributed by atoms with Crippen LogP contribution in [0.25, 0.3) is 0 Å². The largest absolute Gasteiger partial charge is 0.397 e. The molecule has 0 saturated heterocycles. The molecule has 0 aliphatic carbocycles. The number of nitrogens with one attached hydrogen (secondary N) is 2. The van der Waals surface area contributed by atoms with Crippen LogP contribution in [-0.2, 0) is 17.8 Å². The Kier molecular flexibility index (Phi) is 3.71. The minimum Gasteiger partial charge on any atom is -0.397 e. The number of hydrogen-bond acceptors (Lipinski definition) is 3. The Bertz CT molecular complexity index is 700. The Hall–Kier alpha value is -2.20. The zero-order valence-corrected chi connectivity index (χ0v) is 12.2. The number of nitrogen functional groups attached to an aromatic ring is 1. The summed E-state index contributed by atoms with van der Waals surface area (Å²) in [6, 6.07) is 11.5. The summed E-state index contributed by atoms with van der Waals surface area (Å²) in [7, 11) is 0. The number of nitrogens with two attached hydrogens (primary N) is 1. The number of anilines is 3. The Morgan fingerprint density at radius 2 is 2.10 bits per heavy atom. The number of hydrogen-bond donors (Lipinski definition) is 3. The smallest absolute Gasteiger partial charge is 0.224 e. The van der Waals surface area contributed by atoms with Crippen molar-refractivity contribution in [3.63, 3.8) is 0 Å². The van der Waals surface area contributed by atoms with Crippen LogP contribution < -0.4 is 16.4 Å². The van der Waals surface area contributed by atoms with Gasteiger partial charge in [-0.25, -0.2) is 0 Å². The monoisotopic (exact) mass is 301 g/mol. The highest BCUT2D eigenvalue weighted by Crippen LogP contribution is 2.31. The minimum absolute atomic E-state index is 0.0431. The van der Waals surface area contributed by atoms with Crippen molar-refractivity contribution in [2.45, 2.75) is 19.4 Å². The van der Waals surface area contributed by atoms with Crippen LogP contribution in [0.15, 0.2) is 36.4 Å². The number of fused-ring (bicyclic) bond motifs is 1. The number of benzene rings is 2. The molecule has 0 fully saturated rings. The molecule has 3 rings (SSSR count). The number of amides is 1. The van der Waals surface area contributed by atoms with Gasteiger partial charge in [0.25, 0.3) is 0 Å². The lowest BCUT2D eigenvalue weighted by atomic mass is 10.0. The summed E-state index contributed by atoms with van der Waals surface area (Å²) in [4.78, 5) is 11.4. The Balaban J connectivity index is 1.78. The highest BCUT2D eigenvalue weighted by atomic mass is 35.5. The van der Waals surface area contributed by atoms with Gasteiger partial charge in [0.15, 0.2) is 0 Å². The minimum atomic E-state index is 0.0431. The zero-order valence-electron chi connectivity index (χ0n) is 11.4. The predicted octanol–water partition coefficient (Wildman–Crippen LogP) is 3.42. The maximum absolute atomic E-state index is 11.4. The molecule has 0 bridgehead atoms. The van der Waals surface area contributed by atoms with E-state index in [0.29, 0.717) is 18.7 Å². The van der Waals surface area contributed by atoms with E-state index in [2.05, 4.69) is 10.6 Å². The van der Waals surface area contributed by atoms with Gasteiger partial charge in [0, 0.05) is 23.7 Å². The molecule has 1 amide bonds. The molecule has 108 valence electrons. The number of carbonyl (C=O) groups excluding carboxylic acids is 1. The van der Waals surface area contributed by atoms with Crippen molar-refractivity contribution in [2.24, 2.45) is 0 Å². The second-order valence-corrected chi connectivity index (χ2v) is 5.56. The molecule has 1 aliphatic rings. The fraction of sp³-hybridized carbons (Fsp3) is 0.188. The first-order chi connectivity index (χ1) is 10.1. The average molecular weight is 302 g/mol. The van der Waals surface area contributed by atoms with E-state index in [1.165, 1.54) is 0 Å². The standard InChI is InChI=1S/C16H16ClN3O/c17-12-3-1-2-10(6-12)9-19-15-7-11-4-5-16(21)20-14(11)8-13(15)18/h1-3,6-8,19H,4-5,9,18H2,(H,20,21). The van der Waals surface area contributed by atoms with Gasteiger partial charge in [0.1, 0.15) is 0 Å². The van der Waals surface area contributed by atoms with E-state index in [4.69, 9.17) is 17.3 Å². The molecular formula is C16H16ClN3O. The van der Waals surface area contributed by atoms with E-state index >= 15 is 0 Å². The lowest BCUT2D eigenvalue weighted by Crippen LogP contribution is -2.19. The maximum atomic E-state index is 11.4. The van der Waals surface area contributed by atoms with Gasteiger partial charge in [-0.1, -0.05) is 23.7 Å². The fourth-order valence-electron chi connectivity index (χ4n) is 2.44. The number of aryl methyl sites for hydroxylation is 1. The molecule has 1 aliphatic heterocycles. The second kappa shape index (κ2) is 5.66. The van der Waals surface area contributed by atoms with Crippen LogP contribution in [0.4, 0.5) is 17.1 Å². The van der Waals surface area contributed by atoms with Gasteiger partial charge in [-0.05, 0) is 41.8 Å². The second-order valence-electron chi connectivity index (χ2n) is 5.13. The molecule has 2 aromatic carbocycles. The first-order valence-corrected chi connectivity index (χ1v) is 7.20. The quantitative estimate of drug-likeness (QED) is 0.761. The van der Waals surface area contributed by atoms with Crippen molar-refractivity contribution >= 4 is 34.6 Å². The molecule has 4 nitrogen and oxygen atoms in total. The molecule has 2 aromatic rings. The van der Waals surface area contributed by atoms with E-state index in [1.807, 2.05) is 36.4 Å². The van der Waals surface area contributed by atoms with Gasteiger partial charge in [0.2, 0.25) is 5.91 Å². The molecule has 5 heteroatoms. The van der Waals surface area contributed by atoms with Gasteiger partial charge in [-0.2, -0.15) is 0 Å². The van der Waals surface area contributed by atoms with Crippen LogP contribution in [0.5, 0.6) is 0 Å². The average Bonchev–Trinajstić information content (AvgIpc) is 2.45. The number of halogens is 1.